The quantitative estimate of drug-likeness (QED) is 0.323. The highest BCUT2D eigenvalue weighted by Crippen LogP contribution is 2.30. The number of rotatable bonds is 7. The number of urea groups is 1. The average molecular weight is 536 g/mol. The number of fused-ring (bicyclic) bond motifs is 1. The van der Waals surface area contributed by atoms with Gasteiger partial charge >= 0.3 is 6.03 Å². The van der Waals surface area contributed by atoms with Crippen molar-refractivity contribution in [2.75, 3.05) is 54.9 Å². The number of carbonyl (C=O) groups excluding carboxylic acids is 2. The van der Waals surface area contributed by atoms with Gasteiger partial charge in [0.25, 0.3) is 5.91 Å². The smallest absolute Gasteiger partial charge is 0.326 e. The fraction of sp³-hybridized carbons (Fsp3) is 0.222. The molecule has 0 aliphatic carbocycles. The first-order chi connectivity index (χ1) is 18.0. The van der Waals surface area contributed by atoms with Crippen molar-refractivity contribution in [3.63, 3.8) is 0 Å². The summed E-state index contributed by atoms with van der Waals surface area (Å²) in [5.41, 5.74) is 2.73. The van der Waals surface area contributed by atoms with E-state index in [4.69, 9.17) is 16.3 Å². The van der Waals surface area contributed by atoms with Crippen LogP contribution in [-0.2, 0) is 4.74 Å². The molecule has 4 aromatic rings. The molecule has 0 atom stereocenters. The molecule has 0 unspecified atom stereocenters. The zero-order valence-corrected chi connectivity index (χ0v) is 21.6. The summed E-state index contributed by atoms with van der Waals surface area (Å²) in [6.45, 7) is 4.29. The standard InChI is InChI=1S/C27H26ClN5O3S/c28-20-6-8-21(9-7-20)29-27(35)33(13-12-32-14-16-36-17-15-32)22-10-11-23-24(18-22)37-26(30-23)31-25(34)19-4-2-1-3-5-19/h1-11,18H,12-17H2,(H,29,35)(H,30,31,34). The molecule has 1 aliphatic heterocycles. The number of aromatic nitrogens is 1. The number of morpholine rings is 1. The number of nitrogens with zero attached hydrogens (tertiary/aromatic N) is 3. The Kier molecular flexibility index (Phi) is 7.96. The van der Waals surface area contributed by atoms with E-state index in [1.165, 1.54) is 11.3 Å². The molecular weight excluding hydrogens is 510 g/mol. The van der Waals surface area contributed by atoms with Crippen LogP contribution in [0.4, 0.5) is 21.3 Å². The van der Waals surface area contributed by atoms with Crippen molar-refractivity contribution < 1.29 is 14.3 Å². The number of ether oxygens (including phenoxy) is 1. The molecule has 0 radical (unpaired) electrons. The first-order valence-corrected chi connectivity index (χ1v) is 13.2. The van der Waals surface area contributed by atoms with Gasteiger partial charge in [0.05, 0.1) is 23.4 Å². The number of hydrogen-bond donors (Lipinski definition) is 2. The third kappa shape index (κ3) is 6.44. The van der Waals surface area contributed by atoms with E-state index in [9.17, 15) is 9.59 Å². The third-order valence-corrected chi connectivity index (χ3v) is 7.21. The first kappa shape index (κ1) is 25.2. The third-order valence-electron chi connectivity index (χ3n) is 6.02. The summed E-state index contributed by atoms with van der Waals surface area (Å²) in [6, 6.07) is 21.5. The molecule has 10 heteroatoms. The van der Waals surface area contributed by atoms with Gasteiger partial charge in [0.2, 0.25) is 0 Å². The van der Waals surface area contributed by atoms with Gasteiger partial charge in [0.1, 0.15) is 0 Å². The second kappa shape index (κ2) is 11.7. The van der Waals surface area contributed by atoms with E-state index in [1.807, 2.05) is 36.4 Å². The fourth-order valence-electron chi connectivity index (χ4n) is 4.03. The van der Waals surface area contributed by atoms with E-state index in [1.54, 1.807) is 41.3 Å². The Balaban J connectivity index is 1.36. The molecule has 0 bridgehead atoms. The zero-order chi connectivity index (χ0) is 25.6. The van der Waals surface area contributed by atoms with Crippen LogP contribution in [0.15, 0.2) is 72.8 Å². The number of carbonyl (C=O) groups is 2. The van der Waals surface area contributed by atoms with E-state index < -0.39 is 0 Å². The summed E-state index contributed by atoms with van der Waals surface area (Å²) in [5, 5.41) is 6.95. The van der Waals surface area contributed by atoms with Crippen molar-refractivity contribution in [1.82, 2.24) is 9.88 Å². The molecule has 37 heavy (non-hydrogen) atoms. The summed E-state index contributed by atoms with van der Waals surface area (Å²) >= 11 is 7.37. The number of benzene rings is 3. The van der Waals surface area contributed by atoms with Gasteiger partial charge in [-0.1, -0.05) is 41.1 Å². The van der Waals surface area contributed by atoms with Crippen molar-refractivity contribution in [2.45, 2.75) is 0 Å². The van der Waals surface area contributed by atoms with Gasteiger partial charge < -0.3 is 10.1 Å². The molecule has 1 fully saturated rings. The van der Waals surface area contributed by atoms with Gasteiger partial charge in [-0.3, -0.25) is 19.9 Å². The highest BCUT2D eigenvalue weighted by Gasteiger charge is 2.20. The number of amides is 3. The Morgan fingerprint density at radius 2 is 1.76 bits per heavy atom. The Bertz CT molecular complexity index is 1370. The van der Waals surface area contributed by atoms with Gasteiger partial charge in [-0.15, -0.1) is 0 Å². The first-order valence-electron chi connectivity index (χ1n) is 12.0. The van der Waals surface area contributed by atoms with Crippen molar-refractivity contribution >= 4 is 61.6 Å². The minimum Gasteiger partial charge on any atom is -0.379 e. The number of hydrogen-bond acceptors (Lipinski definition) is 6. The van der Waals surface area contributed by atoms with Gasteiger partial charge in [0.15, 0.2) is 5.13 Å². The minimum absolute atomic E-state index is 0.214. The molecule has 2 heterocycles. The second-order valence-electron chi connectivity index (χ2n) is 8.53. The Morgan fingerprint density at radius 1 is 1.00 bits per heavy atom. The predicted octanol–water partition coefficient (Wildman–Crippen LogP) is 5.57. The van der Waals surface area contributed by atoms with Crippen molar-refractivity contribution in [2.24, 2.45) is 0 Å². The maximum Gasteiger partial charge on any atom is 0.326 e. The summed E-state index contributed by atoms with van der Waals surface area (Å²) in [6.07, 6.45) is 0. The van der Waals surface area contributed by atoms with Crippen molar-refractivity contribution in [1.29, 1.82) is 0 Å². The van der Waals surface area contributed by atoms with Crippen molar-refractivity contribution in [3.8, 4) is 0 Å². The molecule has 2 N–H and O–H groups in total. The molecule has 0 spiro atoms. The lowest BCUT2D eigenvalue weighted by molar-refractivity contribution is 0.0393. The summed E-state index contributed by atoms with van der Waals surface area (Å²) in [7, 11) is 0. The Labute approximate surface area is 223 Å². The van der Waals surface area contributed by atoms with Crippen LogP contribution in [0.25, 0.3) is 10.2 Å². The number of anilines is 3. The van der Waals surface area contributed by atoms with E-state index >= 15 is 0 Å². The molecule has 190 valence electrons. The van der Waals surface area contributed by atoms with Gasteiger partial charge in [-0.25, -0.2) is 9.78 Å². The molecule has 8 nitrogen and oxygen atoms in total. The van der Waals surface area contributed by atoms with Gasteiger partial charge in [0, 0.05) is 48.1 Å². The van der Waals surface area contributed by atoms with E-state index in [0.29, 0.717) is 41.2 Å². The van der Waals surface area contributed by atoms with Crippen LogP contribution < -0.4 is 15.5 Å². The maximum absolute atomic E-state index is 13.4. The molecule has 1 aromatic heterocycles. The van der Waals surface area contributed by atoms with Crippen LogP contribution >= 0.6 is 22.9 Å². The summed E-state index contributed by atoms with van der Waals surface area (Å²) in [5.74, 6) is -0.214. The largest absolute Gasteiger partial charge is 0.379 e. The van der Waals surface area contributed by atoms with Crippen LogP contribution in [0.5, 0.6) is 0 Å². The van der Waals surface area contributed by atoms with Crippen LogP contribution in [0.2, 0.25) is 5.02 Å². The lowest BCUT2D eigenvalue weighted by Gasteiger charge is -2.30. The molecule has 1 saturated heterocycles. The van der Waals surface area contributed by atoms with Crippen molar-refractivity contribution in [3.05, 3.63) is 83.4 Å². The lowest BCUT2D eigenvalue weighted by atomic mass is 10.2. The second-order valence-corrected chi connectivity index (χ2v) is 10.0. The molecule has 3 amide bonds. The molecular formula is C27H26ClN5O3S. The lowest BCUT2D eigenvalue weighted by Crippen LogP contribution is -2.44. The van der Waals surface area contributed by atoms with E-state index in [-0.39, 0.29) is 11.9 Å². The van der Waals surface area contributed by atoms with E-state index in [0.717, 1.165) is 35.5 Å². The molecule has 0 saturated carbocycles. The van der Waals surface area contributed by atoms with Crippen LogP contribution in [0, 0.1) is 0 Å². The monoisotopic (exact) mass is 535 g/mol. The predicted molar refractivity (Wildman–Crippen MR) is 149 cm³/mol. The van der Waals surface area contributed by atoms with Crippen LogP contribution in [0.1, 0.15) is 10.4 Å². The Hall–Kier alpha value is -3.50. The van der Waals surface area contributed by atoms with Gasteiger partial charge in [-0.05, 0) is 54.6 Å². The van der Waals surface area contributed by atoms with Crippen LogP contribution in [-0.4, -0.2) is 61.2 Å². The topological polar surface area (TPSA) is 86.8 Å². The van der Waals surface area contributed by atoms with Gasteiger partial charge in [-0.2, -0.15) is 0 Å². The molecule has 3 aromatic carbocycles. The summed E-state index contributed by atoms with van der Waals surface area (Å²) in [4.78, 5) is 34.5. The number of thiazole rings is 1. The maximum atomic E-state index is 13.4. The summed E-state index contributed by atoms with van der Waals surface area (Å²) < 4.78 is 6.32. The highest BCUT2D eigenvalue weighted by atomic mass is 35.5. The SMILES string of the molecule is O=C(Nc1nc2ccc(N(CCN3CCOCC3)C(=O)Nc3ccc(Cl)cc3)cc2s1)c1ccccc1. The highest BCUT2D eigenvalue weighted by molar-refractivity contribution is 7.22. The average Bonchev–Trinajstić information content (AvgIpc) is 3.33. The minimum atomic E-state index is -0.239. The fourth-order valence-corrected chi connectivity index (χ4v) is 5.05. The molecule has 1 aliphatic rings. The molecule has 5 rings (SSSR count). The Morgan fingerprint density at radius 3 is 2.51 bits per heavy atom. The number of nitrogens with one attached hydrogen (secondary N) is 2. The zero-order valence-electron chi connectivity index (χ0n) is 20.0. The normalized spacial score (nSPS) is 13.9. The van der Waals surface area contributed by atoms with E-state index in [2.05, 4.69) is 20.5 Å². The number of halogens is 1. The van der Waals surface area contributed by atoms with Crippen LogP contribution in [0.3, 0.4) is 0 Å².